The van der Waals surface area contributed by atoms with Crippen molar-refractivity contribution in [2.24, 2.45) is 0 Å². The molecule has 0 saturated heterocycles. The van der Waals surface area contributed by atoms with Gasteiger partial charge in [0.05, 0.1) is 21.9 Å². The standard InChI is InChI=1S/C11H9Cl2FN2/c12-5-11-15-9-4-8(14)7(13)3-10(9)16(11)6-1-2-6/h3-4,6H,1-2,5H2. The van der Waals surface area contributed by atoms with Crippen molar-refractivity contribution in [1.29, 1.82) is 0 Å². The van der Waals surface area contributed by atoms with E-state index >= 15 is 0 Å². The van der Waals surface area contributed by atoms with Crippen LogP contribution in [0.4, 0.5) is 4.39 Å². The first kappa shape index (κ1) is 10.4. The normalized spacial score (nSPS) is 15.9. The van der Waals surface area contributed by atoms with Crippen LogP contribution in [0.25, 0.3) is 11.0 Å². The van der Waals surface area contributed by atoms with Gasteiger partial charge in [-0.05, 0) is 18.9 Å². The molecule has 2 nitrogen and oxygen atoms in total. The average molecular weight is 259 g/mol. The molecule has 0 radical (unpaired) electrons. The number of benzene rings is 1. The van der Waals surface area contributed by atoms with Crippen LogP contribution < -0.4 is 0 Å². The zero-order chi connectivity index (χ0) is 11.3. The maximum absolute atomic E-state index is 13.3. The number of nitrogens with zero attached hydrogens (tertiary/aromatic N) is 2. The van der Waals surface area contributed by atoms with Gasteiger partial charge >= 0.3 is 0 Å². The molecule has 1 fully saturated rings. The van der Waals surface area contributed by atoms with Crippen LogP contribution in [0.1, 0.15) is 24.7 Å². The van der Waals surface area contributed by atoms with E-state index in [2.05, 4.69) is 9.55 Å². The Kier molecular flexibility index (Phi) is 2.33. The lowest BCUT2D eigenvalue weighted by Crippen LogP contribution is -1.98. The zero-order valence-corrected chi connectivity index (χ0v) is 9.89. The fourth-order valence-corrected chi connectivity index (χ4v) is 2.32. The predicted octanol–water partition coefficient (Wildman–Crippen LogP) is 3.90. The summed E-state index contributed by atoms with van der Waals surface area (Å²) in [7, 11) is 0. The Labute approximate surface area is 102 Å². The van der Waals surface area contributed by atoms with Crippen molar-refractivity contribution >= 4 is 34.2 Å². The summed E-state index contributed by atoms with van der Waals surface area (Å²) in [5.41, 5.74) is 1.51. The van der Waals surface area contributed by atoms with Gasteiger partial charge in [0.1, 0.15) is 11.6 Å². The summed E-state index contributed by atoms with van der Waals surface area (Å²) >= 11 is 11.6. The molecule has 2 aromatic rings. The lowest BCUT2D eigenvalue weighted by molar-refractivity contribution is 0.629. The van der Waals surface area contributed by atoms with E-state index in [0.29, 0.717) is 17.4 Å². The third-order valence-corrected chi connectivity index (χ3v) is 3.36. The Morgan fingerprint density at radius 1 is 1.44 bits per heavy atom. The van der Waals surface area contributed by atoms with Crippen molar-refractivity contribution in [2.45, 2.75) is 24.8 Å². The van der Waals surface area contributed by atoms with Crippen LogP contribution in [0.3, 0.4) is 0 Å². The molecule has 3 rings (SSSR count). The van der Waals surface area contributed by atoms with Crippen molar-refractivity contribution < 1.29 is 4.39 Å². The molecule has 1 aromatic heterocycles. The SMILES string of the molecule is Fc1cc2nc(CCl)n(C3CC3)c2cc1Cl. The first-order chi connectivity index (χ1) is 7.70. The van der Waals surface area contributed by atoms with Gasteiger partial charge in [0, 0.05) is 12.1 Å². The second kappa shape index (κ2) is 3.60. The number of fused-ring (bicyclic) bond motifs is 1. The summed E-state index contributed by atoms with van der Waals surface area (Å²) < 4.78 is 15.4. The number of hydrogen-bond acceptors (Lipinski definition) is 1. The predicted molar refractivity (Wildman–Crippen MR) is 62.5 cm³/mol. The maximum Gasteiger partial charge on any atom is 0.144 e. The zero-order valence-electron chi connectivity index (χ0n) is 8.38. The molecular formula is C11H9Cl2FN2. The van der Waals surface area contributed by atoms with Gasteiger partial charge in [0.25, 0.3) is 0 Å². The van der Waals surface area contributed by atoms with Gasteiger partial charge in [-0.25, -0.2) is 9.37 Å². The van der Waals surface area contributed by atoms with Crippen LogP contribution >= 0.6 is 23.2 Å². The van der Waals surface area contributed by atoms with Crippen LogP contribution in [0.15, 0.2) is 12.1 Å². The van der Waals surface area contributed by atoms with E-state index in [0.717, 1.165) is 24.2 Å². The quantitative estimate of drug-likeness (QED) is 0.748. The largest absolute Gasteiger partial charge is 0.324 e. The van der Waals surface area contributed by atoms with Crippen molar-refractivity contribution in [1.82, 2.24) is 9.55 Å². The van der Waals surface area contributed by atoms with Gasteiger partial charge in [-0.2, -0.15) is 0 Å². The monoisotopic (exact) mass is 258 g/mol. The van der Waals surface area contributed by atoms with Crippen LogP contribution in [0, 0.1) is 5.82 Å². The smallest absolute Gasteiger partial charge is 0.144 e. The fourth-order valence-electron chi connectivity index (χ4n) is 1.97. The van der Waals surface area contributed by atoms with Gasteiger partial charge in [0.15, 0.2) is 0 Å². The molecule has 0 aliphatic heterocycles. The van der Waals surface area contributed by atoms with Gasteiger partial charge in [-0.1, -0.05) is 11.6 Å². The molecule has 1 saturated carbocycles. The number of imidazole rings is 1. The first-order valence-electron chi connectivity index (χ1n) is 5.12. The highest BCUT2D eigenvalue weighted by Crippen LogP contribution is 2.39. The molecule has 1 aliphatic rings. The fraction of sp³-hybridized carbons (Fsp3) is 0.364. The second-order valence-corrected chi connectivity index (χ2v) is 4.69. The van der Waals surface area contributed by atoms with Crippen molar-refractivity contribution in [3.05, 3.63) is 28.8 Å². The lowest BCUT2D eigenvalue weighted by Gasteiger charge is -2.05. The Morgan fingerprint density at radius 3 is 2.81 bits per heavy atom. The van der Waals surface area contributed by atoms with E-state index in [1.54, 1.807) is 6.07 Å². The Hall–Kier alpha value is -0.800. The summed E-state index contributed by atoms with van der Waals surface area (Å²) in [6.07, 6.45) is 2.26. The van der Waals surface area contributed by atoms with Crippen LogP contribution in [-0.4, -0.2) is 9.55 Å². The average Bonchev–Trinajstić information content (AvgIpc) is 3.03. The highest BCUT2D eigenvalue weighted by Gasteiger charge is 2.28. The van der Waals surface area contributed by atoms with E-state index in [9.17, 15) is 4.39 Å². The molecule has 0 atom stereocenters. The first-order valence-corrected chi connectivity index (χ1v) is 6.04. The topological polar surface area (TPSA) is 17.8 Å². The van der Waals surface area contributed by atoms with E-state index in [4.69, 9.17) is 23.2 Å². The van der Waals surface area contributed by atoms with E-state index in [1.165, 1.54) is 6.07 Å². The minimum Gasteiger partial charge on any atom is -0.324 e. The number of rotatable bonds is 2. The molecule has 0 N–H and O–H groups in total. The Bertz CT molecular complexity index is 561. The summed E-state index contributed by atoms with van der Waals surface area (Å²) in [5, 5.41) is 0.135. The molecule has 0 amide bonds. The molecule has 0 unspecified atom stereocenters. The molecule has 0 spiro atoms. The highest BCUT2D eigenvalue weighted by atomic mass is 35.5. The van der Waals surface area contributed by atoms with Gasteiger partial charge in [0.2, 0.25) is 0 Å². The number of hydrogen-bond donors (Lipinski definition) is 0. The molecular weight excluding hydrogens is 250 g/mol. The minimum absolute atomic E-state index is 0.135. The van der Waals surface area contributed by atoms with Crippen LogP contribution in [0.2, 0.25) is 5.02 Å². The molecule has 5 heteroatoms. The summed E-state index contributed by atoms with van der Waals surface area (Å²) in [4.78, 5) is 4.33. The van der Waals surface area contributed by atoms with Crippen molar-refractivity contribution in [3.63, 3.8) is 0 Å². The Balaban J connectivity index is 2.31. The van der Waals surface area contributed by atoms with E-state index in [1.807, 2.05) is 0 Å². The van der Waals surface area contributed by atoms with Crippen molar-refractivity contribution in [2.75, 3.05) is 0 Å². The summed E-state index contributed by atoms with van der Waals surface area (Å²) in [6, 6.07) is 3.46. The van der Waals surface area contributed by atoms with E-state index < -0.39 is 5.82 Å². The molecule has 16 heavy (non-hydrogen) atoms. The number of halogens is 3. The van der Waals surface area contributed by atoms with Gasteiger partial charge in [-0.15, -0.1) is 11.6 Å². The molecule has 1 heterocycles. The van der Waals surface area contributed by atoms with Crippen molar-refractivity contribution in [3.8, 4) is 0 Å². The van der Waals surface area contributed by atoms with Crippen LogP contribution in [0.5, 0.6) is 0 Å². The highest BCUT2D eigenvalue weighted by molar-refractivity contribution is 6.31. The lowest BCUT2D eigenvalue weighted by atomic mass is 10.3. The number of aromatic nitrogens is 2. The molecule has 0 bridgehead atoms. The number of alkyl halides is 1. The maximum atomic E-state index is 13.3. The third-order valence-electron chi connectivity index (χ3n) is 2.84. The van der Waals surface area contributed by atoms with Crippen LogP contribution in [-0.2, 0) is 5.88 Å². The minimum atomic E-state index is -0.435. The second-order valence-electron chi connectivity index (χ2n) is 4.02. The summed E-state index contributed by atoms with van der Waals surface area (Å²) in [6.45, 7) is 0. The van der Waals surface area contributed by atoms with Gasteiger partial charge < -0.3 is 4.57 Å². The molecule has 1 aromatic carbocycles. The van der Waals surface area contributed by atoms with Gasteiger partial charge in [-0.3, -0.25) is 0 Å². The molecule has 84 valence electrons. The summed E-state index contributed by atoms with van der Waals surface area (Å²) in [5.74, 6) is 0.696. The third kappa shape index (κ3) is 1.50. The van der Waals surface area contributed by atoms with E-state index in [-0.39, 0.29) is 5.02 Å². The Morgan fingerprint density at radius 2 is 2.19 bits per heavy atom. The molecule has 1 aliphatic carbocycles.